The molecular weight excluding hydrogens is 520 g/mol. The second kappa shape index (κ2) is 10.9. The van der Waals surface area contributed by atoms with Crippen LogP contribution in [0.2, 0.25) is 0 Å². The normalized spacial score (nSPS) is 11.6. The van der Waals surface area contributed by atoms with Crippen molar-refractivity contribution in [3.05, 3.63) is 157 Å². The van der Waals surface area contributed by atoms with Crippen LogP contribution in [0.3, 0.4) is 0 Å². The lowest BCUT2D eigenvalue weighted by molar-refractivity contribution is 0.589. The van der Waals surface area contributed by atoms with Gasteiger partial charge in [-0.2, -0.15) is 0 Å². The minimum Gasteiger partial charge on any atom is -0.455 e. The van der Waals surface area contributed by atoms with Crippen molar-refractivity contribution >= 4 is 10.8 Å². The lowest BCUT2D eigenvalue weighted by Gasteiger charge is -2.24. The first-order valence-electron chi connectivity index (χ1n) is 14.9. The molecule has 0 N–H and O–H groups in total. The number of fused-ring (bicyclic) bond motifs is 1. The molecule has 0 spiro atoms. The Bertz CT molecular complexity index is 1960. The molecule has 1 heterocycles. The Morgan fingerprint density at radius 3 is 1.37 bits per heavy atom. The van der Waals surface area contributed by atoms with Crippen molar-refractivity contribution in [2.45, 2.75) is 26.2 Å². The SMILES string of the molecule is CC(C)(C)c1cc(-c2ccccc2)c(-c2oc(-c3cccc(-c4ccccc4)c3)c3ccccc23)c(-c2ccccc2)c1. The fourth-order valence-electron chi connectivity index (χ4n) is 5.97. The van der Waals surface area contributed by atoms with Crippen LogP contribution in [-0.4, -0.2) is 0 Å². The van der Waals surface area contributed by atoms with Crippen LogP contribution in [0.15, 0.2) is 156 Å². The van der Waals surface area contributed by atoms with Gasteiger partial charge in [0.25, 0.3) is 0 Å². The Morgan fingerprint density at radius 1 is 0.395 bits per heavy atom. The molecule has 0 radical (unpaired) electrons. The van der Waals surface area contributed by atoms with Crippen molar-refractivity contribution < 1.29 is 4.42 Å². The summed E-state index contributed by atoms with van der Waals surface area (Å²) in [5, 5.41) is 2.22. The topological polar surface area (TPSA) is 13.1 Å². The van der Waals surface area contributed by atoms with E-state index in [1.807, 2.05) is 0 Å². The standard InChI is InChI=1S/C42H34O/c1-42(2,3)34-27-37(30-18-9-5-10-19-30)39(38(28-34)31-20-11-6-12-21-31)41-36-25-14-13-24-35(36)40(43-41)33-23-15-22-32(26-33)29-16-7-4-8-17-29/h4-28H,1-3H3. The molecule has 0 saturated carbocycles. The fourth-order valence-corrected chi connectivity index (χ4v) is 5.97. The van der Waals surface area contributed by atoms with Crippen molar-refractivity contribution in [2.24, 2.45) is 0 Å². The van der Waals surface area contributed by atoms with Crippen molar-refractivity contribution in [3.8, 4) is 56.0 Å². The van der Waals surface area contributed by atoms with E-state index in [1.54, 1.807) is 0 Å². The second-order valence-electron chi connectivity index (χ2n) is 12.2. The van der Waals surface area contributed by atoms with Gasteiger partial charge in [0.1, 0.15) is 11.5 Å². The first kappa shape index (κ1) is 26.7. The smallest absolute Gasteiger partial charge is 0.143 e. The molecule has 0 saturated heterocycles. The molecule has 0 atom stereocenters. The molecule has 1 aromatic heterocycles. The summed E-state index contributed by atoms with van der Waals surface area (Å²) in [7, 11) is 0. The quantitative estimate of drug-likeness (QED) is 0.206. The summed E-state index contributed by atoms with van der Waals surface area (Å²) in [6, 6.07) is 54.0. The highest BCUT2D eigenvalue weighted by Gasteiger charge is 2.26. The van der Waals surface area contributed by atoms with E-state index >= 15 is 0 Å². The zero-order valence-corrected chi connectivity index (χ0v) is 24.8. The summed E-state index contributed by atoms with van der Waals surface area (Å²) in [5.74, 6) is 1.79. The fraction of sp³-hybridized carbons (Fsp3) is 0.0952. The minimum absolute atomic E-state index is 0.0279. The Labute approximate surface area is 254 Å². The van der Waals surface area contributed by atoms with E-state index < -0.39 is 0 Å². The van der Waals surface area contributed by atoms with Crippen LogP contribution in [0.5, 0.6) is 0 Å². The van der Waals surface area contributed by atoms with E-state index in [9.17, 15) is 0 Å². The zero-order valence-electron chi connectivity index (χ0n) is 24.8. The van der Waals surface area contributed by atoms with Crippen molar-refractivity contribution in [1.29, 1.82) is 0 Å². The lowest BCUT2D eigenvalue weighted by atomic mass is 9.80. The first-order valence-corrected chi connectivity index (χ1v) is 14.9. The van der Waals surface area contributed by atoms with E-state index in [0.717, 1.165) is 33.4 Å². The number of rotatable bonds is 5. The third-order valence-electron chi connectivity index (χ3n) is 8.25. The molecule has 1 nitrogen and oxygen atoms in total. The van der Waals surface area contributed by atoms with E-state index in [0.29, 0.717) is 0 Å². The van der Waals surface area contributed by atoms with Gasteiger partial charge in [0, 0.05) is 21.9 Å². The van der Waals surface area contributed by atoms with Crippen LogP contribution in [0.4, 0.5) is 0 Å². The van der Waals surface area contributed by atoms with Crippen molar-refractivity contribution in [2.75, 3.05) is 0 Å². The Hall–Kier alpha value is -5.14. The van der Waals surface area contributed by atoms with Crippen LogP contribution < -0.4 is 0 Å². The van der Waals surface area contributed by atoms with Crippen LogP contribution in [0.25, 0.3) is 66.8 Å². The molecule has 43 heavy (non-hydrogen) atoms. The largest absolute Gasteiger partial charge is 0.455 e. The van der Waals surface area contributed by atoms with E-state index in [-0.39, 0.29) is 5.41 Å². The summed E-state index contributed by atoms with van der Waals surface area (Å²) >= 11 is 0. The predicted octanol–water partition coefficient (Wildman–Crippen LogP) is 12.1. The van der Waals surface area contributed by atoms with E-state index in [4.69, 9.17) is 4.42 Å². The Morgan fingerprint density at radius 2 is 0.837 bits per heavy atom. The van der Waals surface area contributed by atoms with Gasteiger partial charge < -0.3 is 4.42 Å². The maximum Gasteiger partial charge on any atom is 0.143 e. The molecule has 6 aromatic carbocycles. The molecule has 0 aliphatic rings. The summed E-state index contributed by atoms with van der Waals surface area (Å²) in [6.45, 7) is 6.85. The average molecular weight is 555 g/mol. The maximum atomic E-state index is 7.08. The molecule has 1 heteroatoms. The summed E-state index contributed by atoms with van der Waals surface area (Å²) in [6.07, 6.45) is 0. The Kier molecular flexibility index (Phi) is 6.80. The molecule has 0 unspecified atom stereocenters. The van der Waals surface area contributed by atoms with Gasteiger partial charge in [0.05, 0.1) is 0 Å². The molecule has 0 bridgehead atoms. The van der Waals surface area contributed by atoms with Gasteiger partial charge in [-0.05, 0) is 62.6 Å². The Balaban J connectivity index is 1.55. The van der Waals surface area contributed by atoms with Crippen molar-refractivity contribution in [3.63, 3.8) is 0 Å². The van der Waals surface area contributed by atoms with Gasteiger partial charge in [0.15, 0.2) is 0 Å². The zero-order chi connectivity index (χ0) is 29.4. The molecular formula is C42H34O. The predicted molar refractivity (Wildman–Crippen MR) is 182 cm³/mol. The summed E-state index contributed by atoms with van der Waals surface area (Å²) < 4.78 is 7.08. The van der Waals surface area contributed by atoms with Gasteiger partial charge in [-0.25, -0.2) is 0 Å². The van der Waals surface area contributed by atoms with E-state index in [1.165, 1.54) is 38.9 Å². The molecule has 7 aromatic rings. The second-order valence-corrected chi connectivity index (χ2v) is 12.2. The highest BCUT2D eigenvalue weighted by Crippen LogP contribution is 2.48. The molecule has 208 valence electrons. The monoisotopic (exact) mass is 554 g/mol. The minimum atomic E-state index is -0.0279. The van der Waals surface area contributed by atoms with Gasteiger partial charge in [0.2, 0.25) is 0 Å². The third-order valence-corrected chi connectivity index (χ3v) is 8.25. The molecule has 0 aliphatic heterocycles. The van der Waals surface area contributed by atoms with Gasteiger partial charge in [-0.3, -0.25) is 0 Å². The number of benzene rings is 6. The van der Waals surface area contributed by atoms with Gasteiger partial charge in [-0.15, -0.1) is 0 Å². The van der Waals surface area contributed by atoms with Gasteiger partial charge in [-0.1, -0.05) is 154 Å². The van der Waals surface area contributed by atoms with Crippen molar-refractivity contribution in [1.82, 2.24) is 0 Å². The number of hydrogen-bond acceptors (Lipinski definition) is 1. The number of furan rings is 1. The highest BCUT2D eigenvalue weighted by molar-refractivity contribution is 6.08. The summed E-state index contributed by atoms with van der Waals surface area (Å²) in [5.41, 5.74) is 10.5. The van der Waals surface area contributed by atoms with Crippen LogP contribution in [0, 0.1) is 0 Å². The molecule has 0 fully saturated rings. The average Bonchev–Trinajstić information content (AvgIpc) is 3.44. The third kappa shape index (κ3) is 5.08. The summed E-state index contributed by atoms with van der Waals surface area (Å²) in [4.78, 5) is 0. The van der Waals surface area contributed by atoms with Crippen LogP contribution in [0.1, 0.15) is 26.3 Å². The maximum absolute atomic E-state index is 7.08. The number of hydrogen-bond donors (Lipinski definition) is 0. The van der Waals surface area contributed by atoms with Gasteiger partial charge >= 0.3 is 0 Å². The molecule has 0 amide bonds. The highest BCUT2D eigenvalue weighted by atomic mass is 16.3. The van der Waals surface area contributed by atoms with Crippen LogP contribution in [-0.2, 0) is 5.41 Å². The lowest BCUT2D eigenvalue weighted by Crippen LogP contribution is -2.12. The molecule has 7 rings (SSSR count). The first-order chi connectivity index (χ1) is 21.0. The van der Waals surface area contributed by atoms with Crippen LogP contribution >= 0.6 is 0 Å². The molecule has 0 aliphatic carbocycles. The van der Waals surface area contributed by atoms with E-state index in [2.05, 4.69) is 172 Å².